The molecule has 85 heavy (non-hydrogen) atoms. The smallest absolute Gasteiger partial charge is 0.308 e. The summed E-state index contributed by atoms with van der Waals surface area (Å²) in [7, 11) is 1.57. The molecular formula is C63H95ClO21. The van der Waals surface area contributed by atoms with Gasteiger partial charge in [0.05, 0.1) is 85.1 Å². The Morgan fingerprint density at radius 3 is 2.15 bits per heavy atom. The summed E-state index contributed by atoms with van der Waals surface area (Å²) in [5.41, 5.74) is -0.508. The lowest BCUT2D eigenvalue weighted by atomic mass is 9.78. The first-order valence-corrected chi connectivity index (χ1v) is 30.7. The molecule has 0 saturated carbocycles. The van der Waals surface area contributed by atoms with Gasteiger partial charge in [0.15, 0.2) is 17.4 Å². The summed E-state index contributed by atoms with van der Waals surface area (Å²) >= 11 is 5.89. The van der Waals surface area contributed by atoms with E-state index in [0.717, 1.165) is 0 Å². The first-order valence-electron chi connectivity index (χ1n) is 30.3. The molecule has 6 saturated heterocycles. The molecule has 2 spiro atoms. The number of methoxy groups -OCH3 is 1. The first-order chi connectivity index (χ1) is 39.8. The quantitative estimate of drug-likeness (QED) is 0.0611. The van der Waals surface area contributed by atoms with Crippen LogP contribution in [0.3, 0.4) is 0 Å². The van der Waals surface area contributed by atoms with E-state index < -0.39 is 169 Å². The zero-order valence-electron chi connectivity index (χ0n) is 50.7. The molecule has 0 aliphatic carbocycles. The Kier molecular flexibility index (Phi) is 23.5. The minimum Gasteiger partial charge on any atom is -0.462 e. The summed E-state index contributed by atoms with van der Waals surface area (Å²) in [6.45, 7) is 23.1. The van der Waals surface area contributed by atoms with Crippen LogP contribution in [0.5, 0.6) is 0 Å². The number of hydrogen-bond acceptors (Lipinski definition) is 21. The van der Waals surface area contributed by atoms with Gasteiger partial charge in [-0.15, -0.1) is 0 Å². The van der Waals surface area contributed by atoms with Crippen molar-refractivity contribution in [1.29, 1.82) is 0 Å². The molecular weight excluding hydrogens is 1130 g/mol. The van der Waals surface area contributed by atoms with Crippen molar-refractivity contribution in [2.75, 3.05) is 7.11 Å². The van der Waals surface area contributed by atoms with Crippen LogP contribution in [0.25, 0.3) is 0 Å². The van der Waals surface area contributed by atoms with E-state index in [0.29, 0.717) is 43.3 Å². The van der Waals surface area contributed by atoms with Gasteiger partial charge in [-0.2, -0.15) is 0 Å². The van der Waals surface area contributed by atoms with Gasteiger partial charge in [0.2, 0.25) is 0 Å². The Balaban J connectivity index is 1.22. The van der Waals surface area contributed by atoms with E-state index in [2.05, 4.69) is 19.7 Å². The summed E-state index contributed by atoms with van der Waals surface area (Å²) in [5, 5.41) is 82.6. The van der Waals surface area contributed by atoms with E-state index >= 15 is 0 Å². The van der Waals surface area contributed by atoms with Gasteiger partial charge in [-0.05, 0) is 51.5 Å². The molecule has 22 heteroatoms. The minimum absolute atomic E-state index is 0.00321. The summed E-state index contributed by atoms with van der Waals surface area (Å²) in [4.78, 5) is 54.3. The summed E-state index contributed by atoms with van der Waals surface area (Å²) < 4.78 is 63.4. The third-order valence-corrected chi connectivity index (χ3v) is 18.4. The highest BCUT2D eigenvalue weighted by atomic mass is 35.5. The van der Waals surface area contributed by atoms with Crippen molar-refractivity contribution in [1.82, 2.24) is 0 Å². The molecule has 7 heterocycles. The van der Waals surface area contributed by atoms with Gasteiger partial charge in [0, 0.05) is 108 Å². The number of hydrogen-bond donors (Lipinski definition) is 7. The maximum Gasteiger partial charge on any atom is 0.308 e. The highest BCUT2D eigenvalue weighted by molar-refractivity contribution is 6.30. The third kappa shape index (κ3) is 18.1. The number of halogens is 1. The molecule has 0 amide bonds. The molecule has 7 N–H and O–H groups in total. The van der Waals surface area contributed by atoms with Crippen LogP contribution in [0.2, 0.25) is 0 Å². The number of esters is 3. The van der Waals surface area contributed by atoms with Gasteiger partial charge >= 0.3 is 17.9 Å². The van der Waals surface area contributed by atoms with Crippen molar-refractivity contribution in [2.24, 2.45) is 23.7 Å². The van der Waals surface area contributed by atoms with E-state index in [1.165, 1.54) is 26.0 Å². The summed E-state index contributed by atoms with van der Waals surface area (Å²) in [6.07, 6.45) is -8.69. The molecule has 7 rings (SSSR count). The van der Waals surface area contributed by atoms with Crippen LogP contribution >= 0.6 is 11.6 Å². The summed E-state index contributed by atoms with van der Waals surface area (Å²) in [5.74, 6) is -10.7. The number of aliphatic hydroxyl groups excluding tert-OH is 5. The van der Waals surface area contributed by atoms with Gasteiger partial charge in [0.25, 0.3) is 0 Å². The highest BCUT2D eigenvalue weighted by Crippen LogP contribution is 2.48. The standard InChI is InChI=1S/C63H95ClO21/c1-33(19-42(67)18-17-35(3)64)20-53-55(72)57-39(7)58(79-53)59(73)63(75)31-51(70)37(5)52(85-63)16-14-12-13-15-44-22-43(68)27-61(81-44)29-47(76-11)23-45(82-61)25-50(69)38(6)56(78-41(9)66)36(4)34(2)21-49-28-60(10,74)32-62(84-49)30-48(77-40(8)65)24-46(83-62)26-54(71)80-57/h13,15,17-18,36-39,42-49,51-53,55-59,67-68,70,72-75H,1-3,12,14,16,19-32H2,4-11H3/t36-,37-,38-,39-,42-,43+,44+,45+,46-,47+,48+,49+,51+,52-,53-,55-,56+,57-,58-,59+,60+,61?,62-,63-/m1/s1. The van der Waals surface area contributed by atoms with Crippen molar-refractivity contribution < 1.29 is 102 Å². The van der Waals surface area contributed by atoms with Gasteiger partial charge in [-0.3, -0.25) is 19.2 Å². The maximum atomic E-state index is 14.5. The number of carbonyl (C=O) groups is 4. The molecule has 24 atom stereocenters. The number of ketones is 1. The molecule has 480 valence electrons. The van der Waals surface area contributed by atoms with Crippen LogP contribution in [0.15, 0.2) is 60.2 Å². The zero-order valence-corrected chi connectivity index (χ0v) is 51.5. The topological polar surface area (TPSA) is 302 Å². The molecule has 6 fully saturated rings. The van der Waals surface area contributed by atoms with Crippen LogP contribution in [-0.4, -0.2) is 187 Å². The van der Waals surface area contributed by atoms with Gasteiger partial charge in [-0.25, -0.2) is 0 Å². The number of aliphatic hydroxyl groups is 7. The number of fused-ring (bicyclic) bond motifs is 8. The number of Topliss-reactive ketones (excluding diaryl/α,β-unsaturated/α-hetero) is 1. The molecule has 0 aromatic carbocycles. The lowest BCUT2D eigenvalue weighted by Gasteiger charge is -2.52. The zero-order chi connectivity index (χ0) is 62.5. The SMILES string of the molecule is C=C(Cl)C=C[C@@H](O)CC(=C)C[C@H]1O[C@@H]2[C@H](C)[C@@H](OC(=O)C[C@H]3C[C@H](OC(C)=O)C[C@@]4(C[C@@](C)(O)C[C@H](CC(=C)[C@@H](C)[C@H](OC(C)=O)[C@H](C)C(=O)C[C@@H]5C[C@H](OC)CC6(C[C@@H](O)C[C@H](C=CCCC[C@H]7O[C@](O)(C[C@H](O)[C@H]7C)[C@H]2O)O6)O5)O4)O3)[C@@H]1O. The van der Waals surface area contributed by atoms with Gasteiger partial charge < -0.3 is 83.1 Å². The predicted octanol–water partition coefficient (Wildman–Crippen LogP) is 5.91. The monoisotopic (exact) mass is 1220 g/mol. The van der Waals surface area contributed by atoms with Crippen molar-refractivity contribution >= 4 is 35.3 Å². The number of rotatable bonds is 9. The lowest BCUT2D eigenvalue weighted by Crippen LogP contribution is -2.65. The molecule has 7 aliphatic rings. The Bertz CT molecular complexity index is 2430. The normalized spacial score (nSPS) is 44.1. The number of allylic oxidation sites excluding steroid dienone is 3. The number of ether oxygens (including phenoxy) is 10. The Morgan fingerprint density at radius 1 is 0.812 bits per heavy atom. The molecule has 0 aromatic heterocycles. The summed E-state index contributed by atoms with van der Waals surface area (Å²) in [6, 6.07) is 0. The third-order valence-electron chi connectivity index (χ3n) is 18.3. The fourth-order valence-electron chi connectivity index (χ4n) is 14.1. The molecule has 0 aromatic rings. The molecule has 21 nitrogen and oxygen atoms in total. The average molecular weight is 1220 g/mol. The van der Waals surface area contributed by atoms with Crippen LogP contribution < -0.4 is 0 Å². The number of carbonyl (C=O) groups excluding carboxylic acids is 4. The van der Waals surface area contributed by atoms with Crippen molar-refractivity contribution in [2.45, 2.75) is 278 Å². The fraction of sp³-hybridized carbons (Fsp3) is 0.778. The maximum absolute atomic E-state index is 14.5. The van der Waals surface area contributed by atoms with E-state index in [4.69, 9.17) is 59.0 Å². The Hall–Kier alpha value is -3.49. The lowest BCUT2D eigenvalue weighted by molar-refractivity contribution is -0.351. The molecule has 0 radical (unpaired) electrons. The highest BCUT2D eigenvalue weighted by Gasteiger charge is 2.58. The van der Waals surface area contributed by atoms with E-state index in [-0.39, 0.29) is 81.1 Å². The van der Waals surface area contributed by atoms with Crippen LogP contribution in [0, 0.1) is 23.7 Å². The molecule has 7 aliphatic heterocycles. The van der Waals surface area contributed by atoms with Crippen LogP contribution in [0.4, 0.5) is 0 Å². The van der Waals surface area contributed by atoms with Crippen LogP contribution in [0.1, 0.15) is 158 Å². The van der Waals surface area contributed by atoms with Crippen molar-refractivity contribution in [3.63, 3.8) is 0 Å². The van der Waals surface area contributed by atoms with Crippen molar-refractivity contribution in [3.8, 4) is 0 Å². The second-order valence-electron chi connectivity index (χ2n) is 25.9. The second kappa shape index (κ2) is 29.0. The van der Waals surface area contributed by atoms with Crippen LogP contribution in [-0.2, 0) is 66.5 Å². The largest absolute Gasteiger partial charge is 0.462 e. The fourth-order valence-corrected chi connectivity index (χ4v) is 14.2. The predicted molar refractivity (Wildman–Crippen MR) is 308 cm³/mol. The van der Waals surface area contributed by atoms with E-state index in [1.807, 2.05) is 12.2 Å². The Labute approximate surface area is 505 Å². The van der Waals surface area contributed by atoms with E-state index in [1.54, 1.807) is 41.7 Å². The molecule has 10 bridgehead atoms. The second-order valence-corrected chi connectivity index (χ2v) is 26.4. The Morgan fingerprint density at radius 2 is 1.47 bits per heavy atom. The average Bonchev–Trinajstić information content (AvgIpc) is 1.35. The molecule has 1 unspecified atom stereocenters. The minimum atomic E-state index is -2.40. The van der Waals surface area contributed by atoms with Crippen molar-refractivity contribution in [3.05, 3.63) is 60.2 Å². The first kappa shape index (κ1) is 69.0. The van der Waals surface area contributed by atoms with Gasteiger partial charge in [-0.1, -0.05) is 88.4 Å². The van der Waals surface area contributed by atoms with Gasteiger partial charge in [0.1, 0.15) is 36.3 Å². The van der Waals surface area contributed by atoms with E-state index in [9.17, 15) is 54.9 Å².